The molecule has 4 heteroatoms. The van der Waals surface area contributed by atoms with Gasteiger partial charge >= 0.3 is 11.9 Å². The zero-order valence-electron chi connectivity index (χ0n) is 21.0. The van der Waals surface area contributed by atoms with Gasteiger partial charge in [0.1, 0.15) is 0 Å². The molecule has 0 heterocycles. The third-order valence-electron chi connectivity index (χ3n) is 6.46. The SMILES string of the molecule is CC(C)CCCCCCCOC(=O)C1CCCCC1C(=O)OCCCCCCC(C)C. The molecule has 0 spiro atoms. The molecule has 1 saturated carbocycles. The van der Waals surface area contributed by atoms with Crippen LogP contribution >= 0.6 is 0 Å². The highest BCUT2D eigenvalue weighted by atomic mass is 16.5. The summed E-state index contributed by atoms with van der Waals surface area (Å²) in [7, 11) is 0. The topological polar surface area (TPSA) is 52.6 Å². The first kappa shape index (κ1) is 28.0. The molecule has 0 aromatic rings. The van der Waals surface area contributed by atoms with Gasteiger partial charge in [-0.15, -0.1) is 0 Å². The number of esters is 2. The third kappa shape index (κ3) is 13.9. The van der Waals surface area contributed by atoms with Crippen molar-refractivity contribution in [2.75, 3.05) is 13.2 Å². The maximum Gasteiger partial charge on any atom is 0.309 e. The van der Waals surface area contributed by atoms with Gasteiger partial charge in [-0.05, 0) is 37.5 Å². The second kappa shape index (κ2) is 17.5. The van der Waals surface area contributed by atoms with E-state index in [1.165, 1.54) is 44.9 Å². The van der Waals surface area contributed by atoms with Gasteiger partial charge in [0.05, 0.1) is 25.0 Å². The Kier molecular flexibility index (Phi) is 15.8. The van der Waals surface area contributed by atoms with E-state index in [0.717, 1.165) is 63.2 Å². The van der Waals surface area contributed by atoms with Crippen LogP contribution in [0.3, 0.4) is 0 Å². The fourth-order valence-electron chi connectivity index (χ4n) is 4.45. The van der Waals surface area contributed by atoms with Gasteiger partial charge in [-0.2, -0.15) is 0 Å². The molecule has 2 unspecified atom stereocenters. The molecule has 0 bridgehead atoms. The van der Waals surface area contributed by atoms with Gasteiger partial charge < -0.3 is 9.47 Å². The third-order valence-corrected chi connectivity index (χ3v) is 6.46. The lowest BCUT2D eigenvalue weighted by Gasteiger charge is -2.28. The van der Waals surface area contributed by atoms with Crippen molar-refractivity contribution < 1.29 is 19.1 Å². The summed E-state index contributed by atoms with van der Waals surface area (Å²) in [5, 5.41) is 0. The van der Waals surface area contributed by atoms with Crippen LogP contribution in [0.2, 0.25) is 0 Å². The average Bonchev–Trinajstić information content (AvgIpc) is 2.74. The van der Waals surface area contributed by atoms with Gasteiger partial charge in [0.25, 0.3) is 0 Å². The molecule has 0 aliphatic heterocycles. The minimum Gasteiger partial charge on any atom is -0.465 e. The Labute approximate surface area is 192 Å². The quantitative estimate of drug-likeness (QED) is 0.174. The Morgan fingerprint density at radius 1 is 0.613 bits per heavy atom. The minimum atomic E-state index is -0.307. The van der Waals surface area contributed by atoms with Crippen LogP contribution in [-0.4, -0.2) is 25.2 Å². The van der Waals surface area contributed by atoms with Crippen molar-refractivity contribution in [1.82, 2.24) is 0 Å². The van der Waals surface area contributed by atoms with Gasteiger partial charge in [0.15, 0.2) is 0 Å². The van der Waals surface area contributed by atoms with Crippen LogP contribution in [0.25, 0.3) is 0 Å². The van der Waals surface area contributed by atoms with Crippen molar-refractivity contribution in [3.63, 3.8) is 0 Å². The summed E-state index contributed by atoms with van der Waals surface area (Å²) in [6.45, 7) is 10.0. The van der Waals surface area contributed by atoms with E-state index in [4.69, 9.17) is 9.47 Å². The summed E-state index contributed by atoms with van der Waals surface area (Å²) >= 11 is 0. The number of hydrogen-bond acceptors (Lipinski definition) is 4. The van der Waals surface area contributed by atoms with Crippen LogP contribution < -0.4 is 0 Å². The number of unbranched alkanes of at least 4 members (excludes halogenated alkanes) is 7. The van der Waals surface area contributed by atoms with Crippen LogP contribution in [0.5, 0.6) is 0 Å². The first-order valence-corrected chi connectivity index (χ1v) is 13.2. The smallest absolute Gasteiger partial charge is 0.309 e. The highest BCUT2D eigenvalue weighted by Crippen LogP contribution is 2.32. The highest BCUT2D eigenvalue weighted by molar-refractivity contribution is 5.82. The molecule has 31 heavy (non-hydrogen) atoms. The first-order valence-electron chi connectivity index (χ1n) is 13.2. The molecule has 0 amide bonds. The lowest BCUT2D eigenvalue weighted by Crippen LogP contribution is -2.35. The zero-order chi connectivity index (χ0) is 22.9. The van der Waals surface area contributed by atoms with E-state index in [1.54, 1.807) is 0 Å². The van der Waals surface area contributed by atoms with Crippen molar-refractivity contribution in [2.45, 2.75) is 124 Å². The fraction of sp³-hybridized carbons (Fsp3) is 0.926. The molecule has 2 atom stereocenters. The standard InChI is InChI=1S/C27H50O4/c1-22(2)16-10-6-5-8-14-20-30-26(28)24-18-12-13-19-25(24)27(29)31-21-15-9-7-11-17-23(3)4/h22-25H,5-21H2,1-4H3. The predicted octanol–water partition coefficient (Wildman–Crippen LogP) is 7.48. The van der Waals surface area contributed by atoms with E-state index in [-0.39, 0.29) is 23.8 Å². The maximum absolute atomic E-state index is 12.6. The number of ether oxygens (including phenoxy) is 2. The van der Waals surface area contributed by atoms with E-state index in [9.17, 15) is 9.59 Å². The monoisotopic (exact) mass is 438 g/mol. The van der Waals surface area contributed by atoms with Crippen molar-refractivity contribution in [3.8, 4) is 0 Å². The van der Waals surface area contributed by atoms with Gasteiger partial charge in [-0.1, -0.05) is 98.3 Å². The summed E-state index contributed by atoms with van der Waals surface area (Å²) in [4.78, 5) is 25.2. The van der Waals surface area contributed by atoms with Crippen LogP contribution in [0, 0.1) is 23.7 Å². The molecule has 0 radical (unpaired) electrons. The van der Waals surface area contributed by atoms with Crippen LogP contribution in [0.1, 0.15) is 124 Å². The van der Waals surface area contributed by atoms with Gasteiger partial charge in [0, 0.05) is 0 Å². The summed E-state index contributed by atoms with van der Waals surface area (Å²) in [5.74, 6) is 0.557. The normalized spacial score (nSPS) is 19.0. The van der Waals surface area contributed by atoms with Gasteiger partial charge in [-0.3, -0.25) is 9.59 Å². The van der Waals surface area contributed by atoms with E-state index in [0.29, 0.717) is 13.2 Å². The van der Waals surface area contributed by atoms with Gasteiger partial charge in [-0.25, -0.2) is 0 Å². The number of carbonyl (C=O) groups excluding carboxylic acids is 2. The number of rotatable bonds is 17. The molecular formula is C27H50O4. The molecule has 0 saturated heterocycles. The number of carbonyl (C=O) groups is 2. The Morgan fingerprint density at radius 2 is 0.968 bits per heavy atom. The van der Waals surface area contributed by atoms with Crippen LogP contribution in [-0.2, 0) is 19.1 Å². The number of hydrogen-bond donors (Lipinski definition) is 0. The minimum absolute atomic E-state index is 0.185. The molecule has 0 aromatic heterocycles. The molecule has 1 aliphatic rings. The molecule has 1 fully saturated rings. The highest BCUT2D eigenvalue weighted by Gasteiger charge is 2.37. The van der Waals surface area contributed by atoms with Crippen LogP contribution in [0.15, 0.2) is 0 Å². The summed E-state index contributed by atoms with van der Waals surface area (Å²) in [5.41, 5.74) is 0. The molecular weight excluding hydrogens is 388 g/mol. The summed E-state index contributed by atoms with van der Waals surface area (Å²) < 4.78 is 11.1. The molecule has 1 aliphatic carbocycles. The van der Waals surface area contributed by atoms with Gasteiger partial charge in [0.2, 0.25) is 0 Å². The van der Waals surface area contributed by atoms with E-state index >= 15 is 0 Å². The van der Waals surface area contributed by atoms with Crippen LogP contribution in [0.4, 0.5) is 0 Å². The Balaban J connectivity index is 2.19. The molecule has 4 nitrogen and oxygen atoms in total. The predicted molar refractivity (Wildman–Crippen MR) is 128 cm³/mol. The molecule has 0 N–H and O–H groups in total. The summed E-state index contributed by atoms with van der Waals surface area (Å²) in [6, 6.07) is 0. The Morgan fingerprint density at radius 3 is 1.35 bits per heavy atom. The van der Waals surface area contributed by atoms with E-state index in [2.05, 4.69) is 27.7 Å². The van der Waals surface area contributed by atoms with Crippen molar-refractivity contribution in [2.24, 2.45) is 23.7 Å². The summed E-state index contributed by atoms with van der Waals surface area (Å²) in [6.07, 6.45) is 16.3. The molecule has 1 rings (SSSR count). The van der Waals surface area contributed by atoms with Crippen molar-refractivity contribution >= 4 is 11.9 Å². The first-order chi connectivity index (χ1) is 14.9. The fourth-order valence-corrected chi connectivity index (χ4v) is 4.45. The lowest BCUT2D eigenvalue weighted by atomic mass is 9.79. The second-order valence-corrected chi connectivity index (χ2v) is 10.4. The molecule has 182 valence electrons. The van der Waals surface area contributed by atoms with E-state index < -0.39 is 0 Å². The van der Waals surface area contributed by atoms with Crippen molar-refractivity contribution in [3.05, 3.63) is 0 Å². The Hall–Kier alpha value is -1.06. The maximum atomic E-state index is 12.6. The lowest BCUT2D eigenvalue weighted by molar-refractivity contribution is -0.163. The average molecular weight is 439 g/mol. The largest absolute Gasteiger partial charge is 0.465 e. The zero-order valence-corrected chi connectivity index (χ0v) is 21.0. The van der Waals surface area contributed by atoms with E-state index in [1.807, 2.05) is 0 Å². The van der Waals surface area contributed by atoms with Crippen molar-refractivity contribution in [1.29, 1.82) is 0 Å². The second-order valence-electron chi connectivity index (χ2n) is 10.4. The Bertz CT molecular complexity index is 472. The molecule has 0 aromatic carbocycles.